The van der Waals surface area contributed by atoms with Crippen LogP contribution in [-0.4, -0.2) is 25.6 Å². The van der Waals surface area contributed by atoms with Gasteiger partial charge in [0.15, 0.2) is 0 Å². The average Bonchev–Trinajstić information content (AvgIpc) is 3.50. The molecule has 5 aromatic rings. The molecule has 0 spiro atoms. The number of rotatable bonds is 5. The van der Waals surface area contributed by atoms with Gasteiger partial charge < -0.3 is 19.1 Å². The Morgan fingerprint density at radius 3 is 2.74 bits per heavy atom. The van der Waals surface area contributed by atoms with Crippen molar-refractivity contribution in [1.29, 1.82) is 5.26 Å². The molecule has 31 heavy (non-hydrogen) atoms. The van der Waals surface area contributed by atoms with Gasteiger partial charge in [0, 0.05) is 22.7 Å². The summed E-state index contributed by atoms with van der Waals surface area (Å²) in [6, 6.07) is 20.8. The van der Waals surface area contributed by atoms with Crippen LogP contribution in [0.1, 0.15) is 27.7 Å². The van der Waals surface area contributed by atoms with Crippen molar-refractivity contribution >= 4 is 39.6 Å². The number of allylic oxidation sites excluding steroid dienone is 1. The van der Waals surface area contributed by atoms with Crippen molar-refractivity contribution in [3.8, 4) is 6.07 Å². The number of carboxylic acids is 1. The summed E-state index contributed by atoms with van der Waals surface area (Å²) < 4.78 is 7.38. The third-order valence-electron chi connectivity index (χ3n) is 5.08. The molecule has 150 valence electrons. The van der Waals surface area contributed by atoms with Crippen LogP contribution < -0.4 is 0 Å². The Kier molecular flexibility index (Phi) is 4.38. The zero-order valence-corrected chi connectivity index (χ0v) is 16.2. The van der Waals surface area contributed by atoms with E-state index in [1.807, 2.05) is 59.3 Å². The molecule has 0 radical (unpaired) electrons. The van der Waals surface area contributed by atoms with Crippen molar-refractivity contribution < 1.29 is 14.3 Å². The van der Waals surface area contributed by atoms with Gasteiger partial charge in [-0.25, -0.2) is 9.78 Å². The minimum atomic E-state index is -1.10. The Hall–Kier alpha value is -4.57. The van der Waals surface area contributed by atoms with Gasteiger partial charge in [-0.1, -0.05) is 30.3 Å². The number of imidazole rings is 1. The van der Waals surface area contributed by atoms with Crippen molar-refractivity contribution in [2.75, 3.05) is 0 Å². The number of furan rings is 1. The molecule has 0 fully saturated rings. The van der Waals surface area contributed by atoms with Crippen LogP contribution in [0, 0.1) is 11.3 Å². The number of nitriles is 1. The number of hydrogen-bond donors (Lipinski definition) is 2. The number of benzene rings is 2. The molecule has 7 nitrogen and oxygen atoms in total. The lowest BCUT2D eigenvalue weighted by Crippen LogP contribution is -1.97. The van der Waals surface area contributed by atoms with E-state index < -0.39 is 5.97 Å². The Morgan fingerprint density at radius 2 is 1.97 bits per heavy atom. The van der Waals surface area contributed by atoms with Crippen molar-refractivity contribution in [2.24, 2.45) is 0 Å². The highest BCUT2D eigenvalue weighted by atomic mass is 16.4. The van der Waals surface area contributed by atoms with Crippen molar-refractivity contribution in [3.63, 3.8) is 0 Å². The Labute approximate surface area is 176 Å². The number of hydrogen-bond acceptors (Lipinski definition) is 4. The van der Waals surface area contributed by atoms with Gasteiger partial charge >= 0.3 is 5.97 Å². The van der Waals surface area contributed by atoms with E-state index in [1.165, 1.54) is 6.07 Å². The summed E-state index contributed by atoms with van der Waals surface area (Å²) in [4.78, 5) is 18.8. The third-order valence-corrected chi connectivity index (χ3v) is 5.08. The molecule has 2 aromatic carbocycles. The van der Waals surface area contributed by atoms with Crippen LogP contribution in [-0.2, 0) is 6.54 Å². The molecule has 0 bridgehead atoms. The van der Waals surface area contributed by atoms with Gasteiger partial charge in [-0.2, -0.15) is 5.26 Å². The summed E-state index contributed by atoms with van der Waals surface area (Å²) in [6.45, 7) is 0.369. The second-order valence-electron chi connectivity index (χ2n) is 7.07. The largest absolute Gasteiger partial charge is 0.475 e. The van der Waals surface area contributed by atoms with Crippen LogP contribution >= 0.6 is 0 Å². The summed E-state index contributed by atoms with van der Waals surface area (Å²) in [7, 11) is 0. The quantitative estimate of drug-likeness (QED) is 0.401. The second kappa shape index (κ2) is 7.35. The minimum absolute atomic E-state index is 0.0942. The fourth-order valence-electron chi connectivity index (χ4n) is 3.66. The molecular weight excluding hydrogens is 392 g/mol. The molecule has 0 saturated carbocycles. The smallest absolute Gasteiger partial charge is 0.371 e. The van der Waals surface area contributed by atoms with Gasteiger partial charge in [-0.3, -0.25) is 0 Å². The molecule has 5 rings (SSSR count). The molecule has 0 saturated heterocycles. The van der Waals surface area contributed by atoms with Crippen LogP contribution in [0.15, 0.2) is 71.3 Å². The summed E-state index contributed by atoms with van der Waals surface area (Å²) in [5.74, 6) is -0.149. The maximum absolute atomic E-state index is 11.1. The zero-order valence-electron chi connectivity index (χ0n) is 16.2. The topological polar surface area (TPSA) is 108 Å². The molecule has 0 aliphatic rings. The predicted octanol–water partition coefficient (Wildman–Crippen LogP) is 4.92. The van der Waals surface area contributed by atoms with Crippen molar-refractivity contribution in [2.45, 2.75) is 6.54 Å². The van der Waals surface area contributed by atoms with Crippen molar-refractivity contribution in [3.05, 3.63) is 89.8 Å². The summed E-state index contributed by atoms with van der Waals surface area (Å²) >= 11 is 0. The Balaban J connectivity index is 1.57. The van der Waals surface area contributed by atoms with E-state index in [0.29, 0.717) is 23.7 Å². The number of H-pyrrole nitrogens is 1. The van der Waals surface area contributed by atoms with E-state index >= 15 is 0 Å². The van der Waals surface area contributed by atoms with Gasteiger partial charge in [0.1, 0.15) is 17.7 Å². The lowest BCUT2D eigenvalue weighted by atomic mass is 10.1. The Bertz CT molecular complexity index is 1480. The molecule has 7 heteroatoms. The first kappa shape index (κ1) is 18.5. The van der Waals surface area contributed by atoms with E-state index in [-0.39, 0.29) is 5.76 Å². The average molecular weight is 408 g/mol. The van der Waals surface area contributed by atoms with Gasteiger partial charge in [0.05, 0.1) is 23.2 Å². The summed E-state index contributed by atoms with van der Waals surface area (Å²) in [6.07, 6.45) is 3.73. The van der Waals surface area contributed by atoms with Crippen molar-refractivity contribution in [1.82, 2.24) is 14.5 Å². The van der Waals surface area contributed by atoms with E-state index in [4.69, 9.17) is 9.52 Å². The number of nitrogens with one attached hydrogen (secondary N) is 1. The molecule has 0 aliphatic carbocycles. The number of aromatic nitrogens is 3. The summed E-state index contributed by atoms with van der Waals surface area (Å²) in [5.41, 5.74) is 3.90. The number of para-hydroxylation sites is 3. The van der Waals surface area contributed by atoms with E-state index in [1.54, 1.807) is 12.1 Å². The molecule has 2 N–H and O–H groups in total. The normalized spacial score (nSPS) is 11.8. The predicted molar refractivity (Wildman–Crippen MR) is 116 cm³/mol. The molecule has 3 aromatic heterocycles. The van der Waals surface area contributed by atoms with Crippen LogP contribution in [0.3, 0.4) is 0 Å². The summed E-state index contributed by atoms with van der Waals surface area (Å²) in [5, 5.41) is 19.8. The molecule has 0 unspecified atom stereocenters. The highest BCUT2D eigenvalue weighted by molar-refractivity contribution is 5.98. The fourth-order valence-corrected chi connectivity index (χ4v) is 3.66. The number of fused-ring (bicyclic) bond motifs is 2. The molecule has 3 heterocycles. The molecular formula is C24H16N4O3. The molecule has 0 atom stereocenters. The lowest BCUT2D eigenvalue weighted by molar-refractivity contribution is 0.0660. The number of aromatic amines is 1. The maximum atomic E-state index is 11.1. The van der Waals surface area contributed by atoms with E-state index in [9.17, 15) is 10.1 Å². The first-order valence-electron chi connectivity index (χ1n) is 9.59. The highest BCUT2D eigenvalue weighted by Crippen LogP contribution is 2.27. The highest BCUT2D eigenvalue weighted by Gasteiger charge is 2.14. The maximum Gasteiger partial charge on any atom is 0.371 e. The van der Waals surface area contributed by atoms with Gasteiger partial charge in [0.2, 0.25) is 5.76 Å². The van der Waals surface area contributed by atoms with Gasteiger partial charge in [0.25, 0.3) is 0 Å². The first-order valence-corrected chi connectivity index (χ1v) is 9.59. The van der Waals surface area contributed by atoms with Gasteiger partial charge in [-0.05, 0) is 36.4 Å². The third kappa shape index (κ3) is 3.36. The number of nitrogens with zero attached hydrogens (tertiary/aromatic N) is 3. The first-order chi connectivity index (χ1) is 15.1. The number of carboxylic acid groups (broad SMARTS) is 1. The van der Waals surface area contributed by atoms with Crippen LogP contribution in [0.4, 0.5) is 0 Å². The Morgan fingerprint density at radius 1 is 1.16 bits per heavy atom. The van der Waals surface area contributed by atoms with E-state index in [0.717, 1.165) is 27.5 Å². The SMILES string of the molecule is N#CC(=Cc1cn(Cc2ccc(C(=O)O)o2)c2ccccc12)c1nc2ccccc2[nH]1. The fraction of sp³-hybridized carbons (Fsp3) is 0.0417. The number of carbonyl (C=O) groups is 1. The van der Waals surface area contributed by atoms with Crippen LogP contribution in [0.2, 0.25) is 0 Å². The minimum Gasteiger partial charge on any atom is -0.475 e. The van der Waals surface area contributed by atoms with E-state index in [2.05, 4.69) is 16.0 Å². The second-order valence-corrected chi connectivity index (χ2v) is 7.07. The van der Waals surface area contributed by atoms with Gasteiger partial charge in [-0.15, -0.1) is 0 Å². The monoisotopic (exact) mass is 408 g/mol. The standard InChI is InChI=1S/C24H16N4O3/c25-12-15(23-26-19-6-2-3-7-20(19)27-23)11-16-13-28(21-8-4-1-5-18(16)21)14-17-9-10-22(31-17)24(29)30/h1-11,13H,14H2,(H,26,27)(H,29,30). The zero-order chi connectivity index (χ0) is 21.4. The van der Waals surface area contributed by atoms with Crippen LogP contribution in [0.5, 0.6) is 0 Å². The number of aromatic carboxylic acids is 1. The lowest BCUT2D eigenvalue weighted by Gasteiger charge is -2.02. The molecule has 0 aliphatic heterocycles. The van der Waals surface area contributed by atoms with Crippen LogP contribution in [0.25, 0.3) is 33.6 Å². The molecule has 0 amide bonds.